The first kappa shape index (κ1) is 14.6. The van der Waals surface area contributed by atoms with Gasteiger partial charge in [-0.05, 0) is 24.8 Å². The van der Waals surface area contributed by atoms with Gasteiger partial charge in [-0.25, -0.2) is 0 Å². The van der Waals surface area contributed by atoms with Crippen molar-refractivity contribution in [1.82, 2.24) is 14.7 Å². The van der Waals surface area contributed by atoms with Crippen LogP contribution in [0.2, 0.25) is 0 Å². The van der Waals surface area contributed by atoms with Gasteiger partial charge < -0.3 is 5.11 Å². The molecule has 3 rings (SSSR count). The van der Waals surface area contributed by atoms with Crippen molar-refractivity contribution in [3.8, 4) is 0 Å². The fourth-order valence-corrected chi connectivity index (χ4v) is 3.76. The zero-order valence-corrected chi connectivity index (χ0v) is 12.7. The zero-order valence-electron chi connectivity index (χ0n) is 12.7. The van der Waals surface area contributed by atoms with Crippen LogP contribution >= 0.6 is 0 Å². The van der Waals surface area contributed by atoms with E-state index < -0.39 is 5.97 Å². The molecule has 21 heavy (non-hydrogen) atoms. The number of aromatic nitrogens is 2. The Morgan fingerprint density at radius 3 is 2.76 bits per heavy atom. The lowest BCUT2D eigenvalue weighted by Crippen LogP contribution is -2.23. The van der Waals surface area contributed by atoms with Crippen molar-refractivity contribution in [2.75, 3.05) is 13.1 Å². The summed E-state index contributed by atoms with van der Waals surface area (Å²) >= 11 is 0. The number of carbonyl (C=O) groups is 1. The van der Waals surface area contributed by atoms with Crippen molar-refractivity contribution in [1.29, 1.82) is 0 Å². The molecule has 2 fully saturated rings. The number of carboxylic acids is 1. The number of hydrogen-bond donors (Lipinski definition) is 1. The van der Waals surface area contributed by atoms with Crippen LogP contribution in [0.25, 0.3) is 0 Å². The van der Waals surface area contributed by atoms with E-state index in [1.165, 1.54) is 32.1 Å². The largest absolute Gasteiger partial charge is 0.481 e. The minimum absolute atomic E-state index is 0.225. The minimum atomic E-state index is -0.669. The Bertz CT molecular complexity index is 493. The standard InChI is InChI=1S/C16H25N3O2/c1-12-9-18(11-15(12)16(20)21)10-13-7-8-19(17-13)14-5-3-2-4-6-14/h7-8,12,14-15H,2-6,9-11H2,1H3,(H,20,21). The van der Waals surface area contributed by atoms with E-state index in [0.29, 0.717) is 12.6 Å². The quantitative estimate of drug-likeness (QED) is 0.926. The molecule has 0 bridgehead atoms. The van der Waals surface area contributed by atoms with E-state index in [-0.39, 0.29) is 11.8 Å². The molecule has 2 unspecified atom stereocenters. The van der Waals surface area contributed by atoms with Crippen molar-refractivity contribution in [2.45, 2.75) is 51.6 Å². The first-order valence-corrected chi connectivity index (χ1v) is 8.12. The number of rotatable bonds is 4. The third-order valence-corrected chi connectivity index (χ3v) is 5.00. The molecule has 1 saturated carbocycles. The minimum Gasteiger partial charge on any atom is -0.481 e. The molecule has 2 heterocycles. The van der Waals surface area contributed by atoms with Gasteiger partial charge in [0.15, 0.2) is 0 Å². The fourth-order valence-electron chi connectivity index (χ4n) is 3.76. The van der Waals surface area contributed by atoms with Gasteiger partial charge in [-0.1, -0.05) is 26.2 Å². The summed E-state index contributed by atoms with van der Waals surface area (Å²) in [5.41, 5.74) is 1.07. The van der Waals surface area contributed by atoms with Crippen LogP contribution in [-0.2, 0) is 11.3 Å². The molecule has 116 valence electrons. The van der Waals surface area contributed by atoms with Crippen molar-refractivity contribution in [3.63, 3.8) is 0 Å². The van der Waals surface area contributed by atoms with Gasteiger partial charge in [0, 0.05) is 25.8 Å². The van der Waals surface area contributed by atoms with Crippen LogP contribution in [0.4, 0.5) is 0 Å². The van der Waals surface area contributed by atoms with Gasteiger partial charge >= 0.3 is 5.97 Å². The molecule has 1 N–H and O–H groups in total. The van der Waals surface area contributed by atoms with E-state index in [9.17, 15) is 9.90 Å². The smallest absolute Gasteiger partial charge is 0.308 e. The lowest BCUT2D eigenvalue weighted by molar-refractivity contribution is -0.142. The second-order valence-corrected chi connectivity index (χ2v) is 6.70. The Kier molecular flexibility index (Phi) is 4.29. The molecule has 1 aromatic heterocycles. The maximum Gasteiger partial charge on any atom is 0.308 e. The Morgan fingerprint density at radius 1 is 1.33 bits per heavy atom. The summed E-state index contributed by atoms with van der Waals surface area (Å²) in [6.45, 7) is 4.30. The lowest BCUT2D eigenvalue weighted by Gasteiger charge is -2.22. The molecule has 1 saturated heterocycles. The molecule has 0 radical (unpaired) electrons. The predicted octanol–water partition coefficient (Wildman–Crippen LogP) is 2.54. The first-order chi connectivity index (χ1) is 10.1. The Balaban J connectivity index is 1.59. The van der Waals surface area contributed by atoms with Crippen molar-refractivity contribution in [3.05, 3.63) is 18.0 Å². The van der Waals surface area contributed by atoms with Crippen LogP contribution in [0, 0.1) is 11.8 Å². The van der Waals surface area contributed by atoms with Crippen molar-refractivity contribution in [2.24, 2.45) is 11.8 Å². The summed E-state index contributed by atoms with van der Waals surface area (Å²) in [5, 5.41) is 13.9. The van der Waals surface area contributed by atoms with E-state index in [2.05, 4.69) is 21.8 Å². The normalized spacial score (nSPS) is 28.0. The molecule has 1 aliphatic heterocycles. The van der Waals surface area contributed by atoms with Gasteiger partial charge in [0.25, 0.3) is 0 Å². The molecule has 5 heteroatoms. The highest BCUT2D eigenvalue weighted by Crippen LogP contribution is 2.28. The molecule has 1 aliphatic carbocycles. The van der Waals surface area contributed by atoms with E-state index in [4.69, 9.17) is 5.10 Å². The molecule has 0 aromatic carbocycles. The third kappa shape index (κ3) is 3.28. The Labute approximate surface area is 125 Å². The van der Waals surface area contributed by atoms with Gasteiger partial charge in [-0.3, -0.25) is 14.4 Å². The van der Waals surface area contributed by atoms with Crippen molar-refractivity contribution >= 4 is 5.97 Å². The predicted molar refractivity (Wildman–Crippen MR) is 79.9 cm³/mol. The molecule has 0 amide bonds. The van der Waals surface area contributed by atoms with E-state index in [1.54, 1.807) is 0 Å². The summed E-state index contributed by atoms with van der Waals surface area (Å²) < 4.78 is 2.13. The fraction of sp³-hybridized carbons (Fsp3) is 0.750. The van der Waals surface area contributed by atoms with Crippen LogP contribution < -0.4 is 0 Å². The number of hydrogen-bond acceptors (Lipinski definition) is 3. The molecule has 2 aliphatic rings. The number of nitrogens with zero attached hydrogens (tertiary/aromatic N) is 3. The van der Waals surface area contributed by atoms with Gasteiger partial charge in [0.05, 0.1) is 17.7 Å². The van der Waals surface area contributed by atoms with Crippen LogP contribution in [0.1, 0.15) is 50.8 Å². The first-order valence-electron chi connectivity index (χ1n) is 8.12. The topological polar surface area (TPSA) is 58.4 Å². The summed E-state index contributed by atoms with van der Waals surface area (Å²) in [6, 6.07) is 2.66. The second kappa shape index (κ2) is 6.18. The van der Waals surface area contributed by atoms with Gasteiger partial charge in [-0.15, -0.1) is 0 Å². The van der Waals surface area contributed by atoms with Crippen LogP contribution in [0.15, 0.2) is 12.3 Å². The Hall–Kier alpha value is -1.36. The number of aliphatic carboxylic acids is 1. The molecule has 0 spiro atoms. The van der Waals surface area contributed by atoms with Gasteiger partial charge in [-0.2, -0.15) is 5.10 Å². The SMILES string of the molecule is CC1CN(Cc2ccn(C3CCCCC3)n2)CC1C(=O)O. The van der Waals surface area contributed by atoms with E-state index >= 15 is 0 Å². The van der Waals surface area contributed by atoms with Crippen LogP contribution in [-0.4, -0.2) is 38.8 Å². The molecule has 1 aromatic rings. The Morgan fingerprint density at radius 2 is 2.10 bits per heavy atom. The molecule has 5 nitrogen and oxygen atoms in total. The number of likely N-dealkylation sites (tertiary alicyclic amines) is 1. The number of carboxylic acid groups (broad SMARTS) is 1. The monoisotopic (exact) mass is 291 g/mol. The van der Waals surface area contributed by atoms with Crippen LogP contribution in [0.5, 0.6) is 0 Å². The summed E-state index contributed by atoms with van der Waals surface area (Å²) in [5.74, 6) is -0.675. The highest BCUT2D eigenvalue weighted by Gasteiger charge is 2.34. The van der Waals surface area contributed by atoms with Gasteiger partial charge in [0.1, 0.15) is 0 Å². The average Bonchev–Trinajstić information content (AvgIpc) is 3.07. The third-order valence-electron chi connectivity index (χ3n) is 5.00. The average molecular weight is 291 g/mol. The maximum atomic E-state index is 11.2. The lowest BCUT2D eigenvalue weighted by atomic mass is 9.96. The molecular weight excluding hydrogens is 266 g/mol. The maximum absolute atomic E-state index is 11.2. The summed E-state index contributed by atoms with van der Waals surface area (Å²) in [4.78, 5) is 13.4. The molecular formula is C16H25N3O2. The van der Waals surface area contributed by atoms with E-state index in [0.717, 1.165) is 18.8 Å². The summed E-state index contributed by atoms with van der Waals surface area (Å²) in [6.07, 6.45) is 8.55. The highest BCUT2D eigenvalue weighted by atomic mass is 16.4. The molecule has 2 atom stereocenters. The summed E-state index contributed by atoms with van der Waals surface area (Å²) in [7, 11) is 0. The van der Waals surface area contributed by atoms with Gasteiger partial charge in [0.2, 0.25) is 0 Å². The van der Waals surface area contributed by atoms with Crippen LogP contribution in [0.3, 0.4) is 0 Å². The zero-order chi connectivity index (χ0) is 14.8. The second-order valence-electron chi connectivity index (χ2n) is 6.70. The highest BCUT2D eigenvalue weighted by molar-refractivity contribution is 5.71. The van der Waals surface area contributed by atoms with Crippen molar-refractivity contribution < 1.29 is 9.90 Å². The van der Waals surface area contributed by atoms with E-state index in [1.807, 2.05) is 6.92 Å².